The van der Waals surface area contributed by atoms with Crippen molar-refractivity contribution in [2.45, 2.75) is 69.0 Å². The Kier molecular flexibility index (Phi) is 7.89. The number of hydrogen-bond acceptors (Lipinski definition) is 4. The van der Waals surface area contributed by atoms with Crippen molar-refractivity contribution in [1.82, 2.24) is 25.0 Å². The second-order valence-corrected chi connectivity index (χ2v) is 9.37. The molecule has 0 radical (unpaired) electrons. The van der Waals surface area contributed by atoms with Crippen LogP contribution in [0.2, 0.25) is 0 Å². The van der Waals surface area contributed by atoms with Crippen LogP contribution in [-0.4, -0.2) is 58.1 Å². The zero-order valence-electron chi connectivity index (χ0n) is 19.0. The SMILES string of the molecule is CCNC(=NCCCc1nnc(SC)n1C1CCCC1)N1CCC(c2ccccc2)C1. The van der Waals surface area contributed by atoms with E-state index in [1.807, 2.05) is 0 Å². The molecule has 1 aliphatic carbocycles. The number of aryl methyl sites for hydroxylation is 1. The van der Waals surface area contributed by atoms with Crippen LogP contribution in [0.15, 0.2) is 40.5 Å². The standard InChI is InChI=1S/C24H36N6S/c1-3-25-23(29-17-15-20(18-29)19-10-5-4-6-11-19)26-16-9-14-22-27-28-24(31-2)30(22)21-12-7-8-13-21/h4-6,10-11,20-21H,3,7-9,12-18H2,1-2H3,(H,25,26). The topological polar surface area (TPSA) is 58.3 Å². The Morgan fingerprint density at radius 3 is 2.71 bits per heavy atom. The summed E-state index contributed by atoms with van der Waals surface area (Å²) in [6.45, 7) is 5.98. The molecular formula is C24H36N6S. The van der Waals surface area contributed by atoms with E-state index in [2.05, 4.69) is 68.5 Å². The van der Waals surface area contributed by atoms with Crippen molar-refractivity contribution in [1.29, 1.82) is 0 Å². The minimum Gasteiger partial charge on any atom is -0.357 e. The minimum atomic E-state index is 0.591. The highest BCUT2D eigenvalue weighted by Gasteiger charge is 2.26. The van der Waals surface area contributed by atoms with E-state index in [9.17, 15) is 0 Å². The van der Waals surface area contributed by atoms with Crippen molar-refractivity contribution in [2.75, 3.05) is 32.4 Å². The van der Waals surface area contributed by atoms with Gasteiger partial charge in [-0.05, 0) is 44.4 Å². The summed E-state index contributed by atoms with van der Waals surface area (Å²) in [5.74, 6) is 2.80. The van der Waals surface area contributed by atoms with Crippen molar-refractivity contribution in [3.63, 3.8) is 0 Å². The largest absolute Gasteiger partial charge is 0.357 e. The van der Waals surface area contributed by atoms with Crippen LogP contribution < -0.4 is 5.32 Å². The zero-order valence-corrected chi connectivity index (χ0v) is 19.8. The number of nitrogens with zero attached hydrogens (tertiary/aromatic N) is 5. The summed E-state index contributed by atoms with van der Waals surface area (Å²) < 4.78 is 2.41. The number of likely N-dealkylation sites (tertiary alicyclic amines) is 1. The third kappa shape index (κ3) is 5.43. The first-order valence-corrected chi connectivity index (χ1v) is 13.1. The van der Waals surface area contributed by atoms with Crippen LogP contribution in [0, 0.1) is 0 Å². The summed E-state index contributed by atoms with van der Waals surface area (Å²) >= 11 is 1.71. The Hall–Kier alpha value is -2.02. The maximum atomic E-state index is 4.96. The summed E-state index contributed by atoms with van der Waals surface area (Å²) in [6.07, 6.45) is 10.4. The van der Waals surface area contributed by atoms with Gasteiger partial charge in [0.15, 0.2) is 11.1 Å². The van der Waals surface area contributed by atoms with Crippen molar-refractivity contribution >= 4 is 17.7 Å². The molecule has 31 heavy (non-hydrogen) atoms. The van der Waals surface area contributed by atoms with E-state index in [1.54, 1.807) is 11.8 Å². The highest BCUT2D eigenvalue weighted by Crippen LogP contribution is 2.33. The molecule has 1 aromatic carbocycles. The number of nitrogens with one attached hydrogen (secondary N) is 1. The normalized spacial score (nSPS) is 20.0. The molecule has 4 rings (SSSR count). The highest BCUT2D eigenvalue weighted by atomic mass is 32.2. The van der Waals surface area contributed by atoms with E-state index >= 15 is 0 Å². The number of thioether (sulfide) groups is 1. The fraction of sp³-hybridized carbons (Fsp3) is 0.625. The van der Waals surface area contributed by atoms with Gasteiger partial charge in [-0.2, -0.15) is 0 Å². The second-order valence-electron chi connectivity index (χ2n) is 8.59. The Bertz CT molecular complexity index is 843. The summed E-state index contributed by atoms with van der Waals surface area (Å²) in [6, 6.07) is 11.5. The van der Waals surface area contributed by atoms with Crippen LogP contribution in [0.4, 0.5) is 0 Å². The first-order chi connectivity index (χ1) is 15.3. The summed E-state index contributed by atoms with van der Waals surface area (Å²) in [5, 5.41) is 13.5. The van der Waals surface area contributed by atoms with Crippen LogP contribution in [0.5, 0.6) is 0 Å². The van der Waals surface area contributed by atoms with E-state index in [1.165, 1.54) is 37.7 Å². The molecule has 0 amide bonds. The van der Waals surface area contributed by atoms with Crippen molar-refractivity contribution in [2.24, 2.45) is 4.99 Å². The van der Waals surface area contributed by atoms with Crippen LogP contribution in [0.1, 0.15) is 68.8 Å². The average Bonchev–Trinajstić information content (AvgIpc) is 3.57. The van der Waals surface area contributed by atoms with Crippen LogP contribution in [0.25, 0.3) is 0 Å². The number of aliphatic imine (C=N–C) groups is 1. The zero-order chi connectivity index (χ0) is 21.5. The molecular weight excluding hydrogens is 404 g/mol. The molecule has 1 saturated carbocycles. The third-order valence-electron chi connectivity index (χ3n) is 6.52. The molecule has 168 valence electrons. The second kappa shape index (κ2) is 11.0. The fourth-order valence-electron chi connectivity index (χ4n) is 4.94. The molecule has 2 aromatic rings. The van der Waals surface area contributed by atoms with E-state index in [0.717, 1.165) is 56.0 Å². The Balaban J connectivity index is 1.34. The molecule has 2 heterocycles. The number of benzene rings is 1. The highest BCUT2D eigenvalue weighted by molar-refractivity contribution is 7.98. The van der Waals surface area contributed by atoms with Gasteiger partial charge in [0.1, 0.15) is 5.82 Å². The molecule has 2 fully saturated rings. The molecule has 1 N–H and O–H groups in total. The van der Waals surface area contributed by atoms with E-state index in [4.69, 9.17) is 4.99 Å². The minimum absolute atomic E-state index is 0.591. The lowest BCUT2D eigenvalue weighted by Crippen LogP contribution is -2.40. The fourth-order valence-corrected chi connectivity index (χ4v) is 5.52. The van der Waals surface area contributed by atoms with Gasteiger partial charge in [0, 0.05) is 44.6 Å². The predicted molar refractivity (Wildman–Crippen MR) is 129 cm³/mol. The van der Waals surface area contributed by atoms with Crippen LogP contribution >= 0.6 is 11.8 Å². The van der Waals surface area contributed by atoms with Gasteiger partial charge in [0.2, 0.25) is 0 Å². The molecule has 1 atom stereocenters. The maximum Gasteiger partial charge on any atom is 0.193 e. The molecule has 1 unspecified atom stereocenters. The molecule has 6 nitrogen and oxygen atoms in total. The molecule has 1 aliphatic heterocycles. The maximum absolute atomic E-state index is 4.96. The monoisotopic (exact) mass is 440 g/mol. The first kappa shape index (κ1) is 22.2. The molecule has 0 bridgehead atoms. The van der Waals surface area contributed by atoms with Crippen molar-refractivity contribution in [3.05, 3.63) is 41.7 Å². The van der Waals surface area contributed by atoms with Gasteiger partial charge >= 0.3 is 0 Å². The van der Waals surface area contributed by atoms with Gasteiger partial charge in [0.05, 0.1) is 0 Å². The predicted octanol–water partition coefficient (Wildman–Crippen LogP) is 4.50. The number of hydrogen-bond donors (Lipinski definition) is 1. The summed E-state index contributed by atoms with van der Waals surface area (Å²) in [5.41, 5.74) is 1.44. The van der Waals surface area contributed by atoms with Gasteiger partial charge in [-0.1, -0.05) is 54.9 Å². The summed E-state index contributed by atoms with van der Waals surface area (Å²) in [7, 11) is 0. The van der Waals surface area contributed by atoms with Crippen LogP contribution in [0.3, 0.4) is 0 Å². The van der Waals surface area contributed by atoms with E-state index in [0.29, 0.717) is 12.0 Å². The number of aromatic nitrogens is 3. The first-order valence-electron chi connectivity index (χ1n) is 11.9. The summed E-state index contributed by atoms with van der Waals surface area (Å²) in [4.78, 5) is 7.39. The lowest BCUT2D eigenvalue weighted by atomic mass is 9.99. The number of guanidine groups is 1. The van der Waals surface area contributed by atoms with E-state index < -0.39 is 0 Å². The van der Waals surface area contributed by atoms with E-state index in [-0.39, 0.29) is 0 Å². The Labute approximate surface area is 190 Å². The Morgan fingerprint density at radius 1 is 1.16 bits per heavy atom. The molecule has 1 saturated heterocycles. The Morgan fingerprint density at radius 2 is 1.97 bits per heavy atom. The van der Waals surface area contributed by atoms with Gasteiger partial charge < -0.3 is 14.8 Å². The van der Waals surface area contributed by atoms with Gasteiger partial charge in [-0.3, -0.25) is 4.99 Å². The van der Waals surface area contributed by atoms with Crippen LogP contribution in [-0.2, 0) is 6.42 Å². The van der Waals surface area contributed by atoms with Gasteiger partial charge in [-0.15, -0.1) is 10.2 Å². The third-order valence-corrected chi connectivity index (χ3v) is 7.16. The molecule has 7 heteroatoms. The van der Waals surface area contributed by atoms with Crippen molar-refractivity contribution in [3.8, 4) is 0 Å². The lowest BCUT2D eigenvalue weighted by Gasteiger charge is -2.22. The molecule has 1 aromatic heterocycles. The smallest absolute Gasteiger partial charge is 0.193 e. The molecule has 0 spiro atoms. The van der Waals surface area contributed by atoms with Crippen molar-refractivity contribution < 1.29 is 0 Å². The number of rotatable bonds is 8. The lowest BCUT2D eigenvalue weighted by molar-refractivity contribution is 0.460. The quantitative estimate of drug-likeness (QED) is 0.283. The van der Waals surface area contributed by atoms with Gasteiger partial charge in [-0.25, -0.2) is 0 Å². The molecule has 2 aliphatic rings. The average molecular weight is 441 g/mol. The van der Waals surface area contributed by atoms with Gasteiger partial charge in [0.25, 0.3) is 0 Å².